The molecule has 2 heterocycles. The van der Waals surface area contributed by atoms with Crippen LogP contribution in [0.25, 0.3) is 10.9 Å². The van der Waals surface area contributed by atoms with Crippen molar-refractivity contribution < 1.29 is 0 Å². The molecule has 0 fully saturated rings. The summed E-state index contributed by atoms with van der Waals surface area (Å²) in [4.78, 5) is 11.7. The van der Waals surface area contributed by atoms with Gasteiger partial charge in [0.1, 0.15) is 11.8 Å². The van der Waals surface area contributed by atoms with Crippen molar-refractivity contribution in [3.63, 3.8) is 0 Å². The molecule has 0 unspecified atom stereocenters. The number of pyridine rings is 1. The van der Waals surface area contributed by atoms with E-state index in [4.69, 9.17) is 11.6 Å². The molecule has 0 aliphatic carbocycles. The molecule has 0 spiro atoms. The molecule has 0 bridgehead atoms. The lowest BCUT2D eigenvalue weighted by molar-refractivity contribution is 1.20. The molecule has 54 valence electrons. The van der Waals surface area contributed by atoms with E-state index < -0.39 is 0 Å². The number of halogens is 1. The van der Waals surface area contributed by atoms with E-state index in [9.17, 15) is 0 Å². The van der Waals surface area contributed by atoms with Gasteiger partial charge >= 0.3 is 0 Å². The van der Waals surface area contributed by atoms with Crippen LogP contribution in [0.2, 0.25) is 5.15 Å². The normalized spacial score (nSPS) is 10.3. The maximum absolute atomic E-state index is 5.76. The molecular formula is C7H4ClN3. The van der Waals surface area contributed by atoms with E-state index in [1.165, 1.54) is 6.33 Å². The molecule has 0 amide bonds. The minimum Gasteiger partial charge on any atom is -0.244 e. The van der Waals surface area contributed by atoms with Crippen LogP contribution in [-0.2, 0) is 0 Å². The number of rotatable bonds is 0. The smallest absolute Gasteiger partial charge is 0.155 e. The van der Waals surface area contributed by atoms with E-state index in [1.807, 2.05) is 6.07 Å². The van der Waals surface area contributed by atoms with Crippen LogP contribution in [0.5, 0.6) is 0 Å². The van der Waals surface area contributed by atoms with Crippen LogP contribution in [-0.4, -0.2) is 15.0 Å². The van der Waals surface area contributed by atoms with E-state index in [-0.39, 0.29) is 0 Å². The van der Waals surface area contributed by atoms with E-state index in [0.717, 1.165) is 5.39 Å². The fourth-order valence-corrected chi connectivity index (χ4v) is 1.09. The SMILES string of the molecule is Clc1nccc2cncnc12. The van der Waals surface area contributed by atoms with Gasteiger partial charge in [-0.25, -0.2) is 15.0 Å². The van der Waals surface area contributed by atoms with Gasteiger partial charge in [-0.3, -0.25) is 0 Å². The van der Waals surface area contributed by atoms with Crippen LogP contribution < -0.4 is 0 Å². The Morgan fingerprint density at radius 1 is 1.27 bits per heavy atom. The highest BCUT2D eigenvalue weighted by Gasteiger charge is 1.97. The van der Waals surface area contributed by atoms with E-state index in [0.29, 0.717) is 10.7 Å². The third-order valence-electron chi connectivity index (χ3n) is 1.38. The largest absolute Gasteiger partial charge is 0.244 e. The summed E-state index contributed by atoms with van der Waals surface area (Å²) in [6.07, 6.45) is 4.79. The van der Waals surface area contributed by atoms with Crippen molar-refractivity contribution in [1.29, 1.82) is 0 Å². The standard InChI is InChI=1S/C7H4ClN3/c8-7-6-5(1-2-10-7)3-9-4-11-6/h1-4H. The molecule has 0 N–H and O–H groups in total. The highest BCUT2D eigenvalue weighted by molar-refractivity contribution is 6.33. The van der Waals surface area contributed by atoms with Crippen molar-refractivity contribution in [2.75, 3.05) is 0 Å². The van der Waals surface area contributed by atoms with Crippen molar-refractivity contribution in [1.82, 2.24) is 15.0 Å². The molecule has 2 aromatic heterocycles. The van der Waals surface area contributed by atoms with E-state index in [2.05, 4.69) is 15.0 Å². The minimum absolute atomic E-state index is 0.421. The Labute approximate surface area is 68.1 Å². The summed E-state index contributed by atoms with van der Waals surface area (Å²) in [5, 5.41) is 1.33. The predicted octanol–water partition coefficient (Wildman–Crippen LogP) is 1.68. The zero-order chi connectivity index (χ0) is 7.68. The predicted molar refractivity (Wildman–Crippen MR) is 42.3 cm³/mol. The Morgan fingerprint density at radius 3 is 3.00 bits per heavy atom. The second kappa shape index (κ2) is 2.43. The quantitative estimate of drug-likeness (QED) is 0.558. The Hall–Kier alpha value is -1.22. The number of fused-ring (bicyclic) bond motifs is 1. The summed E-state index contributed by atoms with van der Waals surface area (Å²) >= 11 is 5.76. The van der Waals surface area contributed by atoms with Gasteiger partial charge in [0.15, 0.2) is 5.15 Å². The monoisotopic (exact) mass is 165 g/mol. The summed E-state index contributed by atoms with van der Waals surface area (Å²) in [7, 11) is 0. The number of nitrogens with zero attached hydrogens (tertiary/aromatic N) is 3. The van der Waals surface area contributed by atoms with Gasteiger partial charge < -0.3 is 0 Å². The van der Waals surface area contributed by atoms with Gasteiger partial charge in [0.05, 0.1) is 0 Å². The Morgan fingerprint density at radius 2 is 2.18 bits per heavy atom. The summed E-state index contributed by atoms with van der Waals surface area (Å²) in [5.41, 5.74) is 0.698. The Balaban J connectivity index is 2.91. The third-order valence-corrected chi connectivity index (χ3v) is 1.65. The zero-order valence-electron chi connectivity index (χ0n) is 5.53. The van der Waals surface area contributed by atoms with Crippen LogP contribution >= 0.6 is 11.6 Å². The molecule has 0 atom stereocenters. The highest BCUT2D eigenvalue weighted by atomic mass is 35.5. The Bertz CT molecular complexity index is 383. The van der Waals surface area contributed by atoms with Gasteiger partial charge in [0, 0.05) is 17.8 Å². The average Bonchev–Trinajstić information content (AvgIpc) is 2.06. The topological polar surface area (TPSA) is 38.7 Å². The maximum atomic E-state index is 5.76. The van der Waals surface area contributed by atoms with E-state index >= 15 is 0 Å². The second-order valence-electron chi connectivity index (χ2n) is 2.06. The molecule has 4 heteroatoms. The molecule has 3 nitrogen and oxygen atoms in total. The van der Waals surface area contributed by atoms with Crippen molar-refractivity contribution in [3.8, 4) is 0 Å². The molecule has 2 aromatic rings. The van der Waals surface area contributed by atoms with Gasteiger partial charge in [-0.1, -0.05) is 11.6 Å². The zero-order valence-corrected chi connectivity index (χ0v) is 6.28. The first-order valence-electron chi connectivity index (χ1n) is 3.08. The summed E-state index contributed by atoms with van der Waals surface area (Å²) in [6.45, 7) is 0. The fraction of sp³-hybridized carbons (Fsp3) is 0. The summed E-state index contributed by atoms with van der Waals surface area (Å²) in [5.74, 6) is 0. The van der Waals surface area contributed by atoms with Crippen molar-refractivity contribution in [2.24, 2.45) is 0 Å². The maximum Gasteiger partial charge on any atom is 0.155 e. The van der Waals surface area contributed by atoms with Gasteiger partial charge in [0.2, 0.25) is 0 Å². The first-order valence-corrected chi connectivity index (χ1v) is 3.46. The van der Waals surface area contributed by atoms with Crippen LogP contribution in [0.15, 0.2) is 24.8 Å². The van der Waals surface area contributed by atoms with Crippen LogP contribution in [0.3, 0.4) is 0 Å². The molecule has 2 rings (SSSR count). The third kappa shape index (κ3) is 1.03. The fourth-order valence-electron chi connectivity index (χ4n) is 0.879. The second-order valence-corrected chi connectivity index (χ2v) is 2.42. The van der Waals surface area contributed by atoms with Crippen molar-refractivity contribution >= 4 is 22.5 Å². The number of hydrogen-bond acceptors (Lipinski definition) is 3. The molecule has 0 saturated heterocycles. The lowest BCUT2D eigenvalue weighted by atomic mass is 10.3. The molecular weight excluding hydrogens is 162 g/mol. The molecule has 11 heavy (non-hydrogen) atoms. The van der Waals surface area contributed by atoms with E-state index in [1.54, 1.807) is 12.4 Å². The first kappa shape index (κ1) is 6.49. The van der Waals surface area contributed by atoms with Gasteiger partial charge in [-0.15, -0.1) is 0 Å². The minimum atomic E-state index is 0.421. The van der Waals surface area contributed by atoms with Gasteiger partial charge in [0.25, 0.3) is 0 Å². The molecule has 0 aromatic carbocycles. The van der Waals surface area contributed by atoms with Crippen LogP contribution in [0.4, 0.5) is 0 Å². The molecule has 0 saturated carbocycles. The lowest BCUT2D eigenvalue weighted by Crippen LogP contribution is -1.83. The van der Waals surface area contributed by atoms with Crippen LogP contribution in [0.1, 0.15) is 0 Å². The van der Waals surface area contributed by atoms with Crippen molar-refractivity contribution in [3.05, 3.63) is 29.9 Å². The van der Waals surface area contributed by atoms with Crippen LogP contribution in [0, 0.1) is 0 Å². The number of aromatic nitrogens is 3. The average molecular weight is 166 g/mol. The highest BCUT2D eigenvalue weighted by Crippen LogP contribution is 2.15. The summed E-state index contributed by atoms with van der Waals surface area (Å²) < 4.78 is 0. The first-order chi connectivity index (χ1) is 5.38. The Kier molecular flexibility index (Phi) is 1.43. The summed E-state index contributed by atoms with van der Waals surface area (Å²) in [6, 6.07) is 1.82. The van der Waals surface area contributed by atoms with Gasteiger partial charge in [-0.2, -0.15) is 0 Å². The number of hydrogen-bond donors (Lipinski definition) is 0. The molecule has 0 radical (unpaired) electrons. The van der Waals surface area contributed by atoms with Crippen molar-refractivity contribution in [2.45, 2.75) is 0 Å². The lowest BCUT2D eigenvalue weighted by Gasteiger charge is -1.94. The van der Waals surface area contributed by atoms with Gasteiger partial charge in [-0.05, 0) is 6.07 Å². The molecule has 0 aliphatic heterocycles. The molecule has 0 aliphatic rings.